The van der Waals surface area contributed by atoms with Crippen molar-refractivity contribution in [2.45, 2.75) is 79.2 Å². The molecule has 0 unspecified atom stereocenters. The maximum atomic E-state index is 14.2. The average Bonchev–Trinajstić information content (AvgIpc) is 2.99. The highest BCUT2D eigenvalue weighted by atomic mass is 79.9. The summed E-state index contributed by atoms with van der Waals surface area (Å²) in [6.45, 7) is 12.3. The van der Waals surface area contributed by atoms with Crippen molar-refractivity contribution in [3.63, 3.8) is 0 Å². The zero-order valence-electron chi connectivity index (χ0n) is 27.6. The molecular weight excluding hydrogens is 638 g/mol. The minimum atomic E-state index is -0.429. The Morgan fingerprint density at radius 2 is 1.37 bits per heavy atom. The second-order valence-electron chi connectivity index (χ2n) is 14.4. The van der Waals surface area contributed by atoms with E-state index < -0.39 is 5.92 Å². The van der Waals surface area contributed by atoms with Crippen LogP contribution in [0, 0.1) is 10.8 Å². The van der Waals surface area contributed by atoms with Crippen molar-refractivity contribution >= 4 is 27.5 Å². The van der Waals surface area contributed by atoms with Crippen molar-refractivity contribution < 1.29 is 19.1 Å². The van der Waals surface area contributed by atoms with Gasteiger partial charge in [0.15, 0.2) is 23.1 Å². The Hall–Kier alpha value is -3.64. The van der Waals surface area contributed by atoms with Crippen LogP contribution < -0.4 is 9.47 Å². The maximum Gasteiger partial charge on any atom is 0.162 e. The highest BCUT2D eigenvalue weighted by Crippen LogP contribution is 2.55. The van der Waals surface area contributed by atoms with Gasteiger partial charge in [0.2, 0.25) is 0 Å². The van der Waals surface area contributed by atoms with E-state index in [1.807, 2.05) is 55.5 Å². The molecule has 3 aliphatic rings. The van der Waals surface area contributed by atoms with Crippen LogP contribution in [0.15, 0.2) is 99.8 Å². The first-order valence-corrected chi connectivity index (χ1v) is 17.2. The number of hydrogen-bond donors (Lipinski definition) is 0. The second kappa shape index (κ2) is 12.9. The van der Waals surface area contributed by atoms with Gasteiger partial charge in [-0.25, -0.2) is 0 Å². The van der Waals surface area contributed by atoms with E-state index in [-0.39, 0.29) is 22.4 Å². The maximum absolute atomic E-state index is 14.2. The summed E-state index contributed by atoms with van der Waals surface area (Å²) in [5, 5.41) is 0. The van der Waals surface area contributed by atoms with Gasteiger partial charge in [-0.15, -0.1) is 0 Å². The molecule has 46 heavy (non-hydrogen) atoms. The molecule has 0 radical (unpaired) electrons. The van der Waals surface area contributed by atoms with Crippen molar-refractivity contribution in [2.75, 3.05) is 13.2 Å². The second-order valence-corrected chi connectivity index (χ2v) is 15.3. The van der Waals surface area contributed by atoms with Crippen LogP contribution in [0.1, 0.15) is 82.9 Å². The molecule has 1 heterocycles. The molecule has 0 amide bonds. The Balaban J connectivity index is 1.46. The van der Waals surface area contributed by atoms with Gasteiger partial charge in [0.05, 0.1) is 6.61 Å². The third kappa shape index (κ3) is 6.60. The molecule has 2 aliphatic carbocycles. The van der Waals surface area contributed by atoms with E-state index in [9.17, 15) is 9.59 Å². The first-order chi connectivity index (χ1) is 22.0. The Bertz CT molecular complexity index is 1660. The Morgan fingerprint density at radius 3 is 1.98 bits per heavy atom. The van der Waals surface area contributed by atoms with Crippen molar-refractivity contribution in [3.05, 3.63) is 116 Å². The van der Waals surface area contributed by atoms with Crippen LogP contribution in [0.25, 0.3) is 0 Å². The summed E-state index contributed by atoms with van der Waals surface area (Å²) < 4.78 is 13.4. The van der Waals surface area contributed by atoms with Gasteiger partial charge in [0.25, 0.3) is 0 Å². The van der Waals surface area contributed by atoms with E-state index in [0.29, 0.717) is 37.6 Å². The lowest BCUT2D eigenvalue weighted by Crippen LogP contribution is -2.45. The van der Waals surface area contributed by atoms with Gasteiger partial charge in [-0.2, -0.15) is 0 Å². The van der Waals surface area contributed by atoms with E-state index >= 15 is 0 Å². The van der Waals surface area contributed by atoms with Gasteiger partial charge < -0.3 is 14.4 Å². The van der Waals surface area contributed by atoms with E-state index in [0.717, 1.165) is 63.9 Å². The topological polar surface area (TPSA) is 55.8 Å². The molecule has 0 saturated carbocycles. The van der Waals surface area contributed by atoms with Crippen LogP contribution in [-0.4, -0.2) is 29.6 Å². The number of hydrogen-bond acceptors (Lipinski definition) is 5. The molecule has 0 bridgehead atoms. The van der Waals surface area contributed by atoms with E-state index in [1.54, 1.807) is 0 Å². The molecule has 1 aliphatic heterocycles. The number of nitrogens with zero attached hydrogens (tertiary/aromatic N) is 1. The molecule has 5 nitrogen and oxygen atoms in total. The molecule has 0 aromatic heterocycles. The van der Waals surface area contributed by atoms with Gasteiger partial charge in [-0.3, -0.25) is 9.59 Å². The number of ketones is 2. The molecule has 3 aromatic rings. The Kier molecular flexibility index (Phi) is 9.04. The van der Waals surface area contributed by atoms with Crippen LogP contribution in [0.3, 0.4) is 0 Å². The van der Waals surface area contributed by atoms with Crippen molar-refractivity contribution in [3.8, 4) is 11.5 Å². The largest absolute Gasteiger partial charge is 0.490 e. The first-order valence-electron chi connectivity index (χ1n) is 16.4. The van der Waals surface area contributed by atoms with Crippen LogP contribution in [-0.2, 0) is 22.6 Å². The zero-order chi connectivity index (χ0) is 32.6. The van der Waals surface area contributed by atoms with E-state index in [1.165, 1.54) is 5.56 Å². The number of allylic oxidation sites excluding steroid dienone is 4. The van der Waals surface area contributed by atoms with Gasteiger partial charge in [0.1, 0.15) is 6.61 Å². The molecule has 240 valence electrons. The fourth-order valence-corrected chi connectivity index (χ4v) is 7.80. The molecular formula is C40H44BrNO4. The summed E-state index contributed by atoms with van der Waals surface area (Å²) in [7, 11) is 0. The summed E-state index contributed by atoms with van der Waals surface area (Å²) in [4.78, 5) is 30.9. The Labute approximate surface area is 281 Å². The third-order valence-electron chi connectivity index (χ3n) is 9.43. The summed E-state index contributed by atoms with van der Waals surface area (Å²) in [6.07, 6.45) is 3.33. The fourth-order valence-electron chi connectivity index (χ4n) is 7.40. The SMILES string of the molecule is CCOc1cc(C2C3=C(CC(C)(C)CC3=O)N(CCc3ccccc3)C3=C2C(=O)CC(C)(C)C3)ccc1OCc1ccccc1Br. The van der Waals surface area contributed by atoms with Crippen LogP contribution in [0.4, 0.5) is 0 Å². The molecule has 6 heteroatoms. The summed E-state index contributed by atoms with van der Waals surface area (Å²) in [6, 6.07) is 24.4. The lowest BCUT2D eigenvalue weighted by molar-refractivity contribution is -0.119. The Morgan fingerprint density at radius 1 is 0.761 bits per heavy atom. The molecule has 0 atom stereocenters. The number of rotatable bonds is 9. The predicted octanol–water partition coefficient (Wildman–Crippen LogP) is 9.36. The minimum Gasteiger partial charge on any atom is -0.490 e. The number of ether oxygens (including phenoxy) is 2. The van der Waals surface area contributed by atoms with Crippen molar-refractivity contribution in [1.82, 2.24) is 4.90 Å². The van der Waals surface area contributed by atoms with Crippen LogP contribution in [0.2, 0.25) is 0 Å². The summed E-state index contributed by atoms with van der Waals surface area (Å²) in [5.74, 6) is 1.10. The van der Waals surface area contributed by atoms with Crippen LogP contribution >= 0.6 is 15.9 Å². The number of Topliss-reactive ketones (excluding diaryl/α,β-unsaturated/α-hetero) is 2. The lowest BCUT2D eigenvalue weighted by atomic mass is 9.63. The molecule has 0 saturated heterocycles. The highest BCUT2D eigenvalue weighted by Gasteiger charge is 2.49. The summed E-state index contributed by atoms with van der Waals surface area (Å²) in [5.41, 5.74) is 6.57. The van der Waals surface area contributed by atoms with Crippen LogP contribution in [0.5, 0.6) is 11.5 Å². The van der Waals surface area contributed by atoms with Crippen molar-refractivity contribution in [1.29, 1.82) is 0 Å². The molecule has 0 fully saturated rings. The lowest BCUT2D eigenvalue weighted by Gasteiger charge is -2.49. The first kappa shape index (κ1) is 32.3. The number of benzene rings is 3. The van der Waals surface area contributed by atoms with Gasteiger partial charge in [-0.05, 0) is 66.3 Å². The van der Waals surface area contributed by atoms with Gasteiger partial charge in [0, 0.05) is 57.9 Å². The third-order valence-corrected chi connectivity index (χ3v) is 10.2. The monoisotopic (exact) mass is 681 g/mol. The fraction of sp³-hybridized carbons (Fsp3) is 0.400. The molecule has 0 spiro atoms. The van der Waals surface area contributed by atoms with E-state index in [4.69, 9.17) is 9.47 Å². The minimum absolute atomic E-state index is 0.136. The quantitative estimate of drug-likeness (QED) is 0.225. The molecule has 0 N–H and O–H groups in total. The highest BCUT2D eigenvalue weighted by molar-refractivity contribution is 9.10. The van der Waals surface area contributed by atoms with Crippen molar-refractivity contribution in [2.24, 2.45) is 10.8 Å². The molecule has 6 rings (SSSR count). The normalized spacial score (nSPS) is 19.2. The number of carbonyl (C=O) groups is 2. The standard InChI is InChI=1S/C40H44BrNO4/c1-6-45-35-20-27(16-17-34(35)46-25-28-14-10-11-15-29(28)41)36-37-30(21-39(2,3)23-32(37)43)42(19-18-26-12-8-7-9-13-26)31-22-40(4,5)24-33(44)38(31)36/h7-17,20,36H,6,18-19,21-25H2,1-5H3. The van der Waals surface area contributed by atoms with Gasteiger partial charge >= 0.3 is 0 Å². The summed E-state index contributed by atoms with van der Waals surface area (Å²) >= 11 is 3.61. The number of halogens is 1. The van der Waals surface area contributed by atoms with E-state index in [2.05, 4.69) is 72.8 Å². The average molecular weight is 683 g/mol. The predicted molar refractivity (Wildman–Crippen MR) is 186 cm³/mol. The smallest absolute Gasteiger partial charge is 0.162 e. The van der Waals surface area contributed by atoms with Gasteiger partial charge in [-0.1, -0.05) is 98.2 Å². The molecule has 3 aromatic carbocycles. The number of carbonyl (C=O) groups excluding carboxylic acids is 2. The zero-order valence-corrected chi connectivity index (χ0v) is 29.2.